The Morgan fingerprint density at radius 1 is 1.26 bits per heavy atom. The maximum atomic E-state index is 12.6. The van der Waals surface area contributed by atoms with Gasteiger partial charge in [-0.1, -0.05) is 12.1 Å². The van der Waals surface area contributed by atoms with E-state index in [1.165, 1.54) is 12.1 Å². The molecule has 0 fully saturated rings. The fourth-order valence-corrected chi connectivity index (χ4v) is 1.48. The van der Waals surface area contributed by atoms with Crippen molar-refractivity contribution in [2.24, 2.45) is 0 Å². The Balaban J connectivity index is 2.10. The van der Waals surface area contributed by atoms with Crippen molar-refractivity contribution in [3.05, 3.63) is 35.6 Å². The van der Waals surface area contributed by atoms with Gasteiger partial charge in [-0.3, -0.25) is 9.59 Å². The molecule has 19 heavy (non-hydrogen) atoms. The molecule has 0 radical (unpaired) electrons. The van der Waals surface area contributed by atoms with Crippen LogP contribution in [-0.2, 0) is 20.9 Å². The number of hydrogen-bond donors (Lipinski definition) is 1. The third-order valence-corrected chi connectivity index (χ3v) is 2.48. The summed E-state index contributed by atoms with van der Waals surface area (Å²) in [5, 5.41) is 2.18. The maximum Gasteiger partial charge on any atom is 0.246 e. The standard InChI is InChI=1S/C13H15ClFNO3/c14-12(17)2-1-7-16-13(18)9-19-8-10-3-5-11(15)6-4-10/h3-6H,1-2,7-9H2,(H,16,18). The van der Waals surface area contributed by atoms with E-state index >= 15 is 0 Å². The molecular formula is C13H15ClFNO3. The van der Waals surface area contributed by atoms with E-state index in [2.05, 4.69) is 5.32 Å². The van der Waals surface area contributed by atoms with Crippen molar-refractivity contribution in [3.8, 4) is 0 Å². The van der Waals surface area contributed by atoms with Crippen LogP contribution in [-0.4, -0.2) is 24.3 Å². The van der Waals surface area contributed by atoms with Gasteiger partial charge in [0.1, 0.15) is 12.4 Å². The highest BCUT2D eigenvalue weighted by Crippen LogP contribution is 2.03. The number of rotatable bonds is 8. The summed E-state index contributed by atoms with van der Waals surface area (Å²) in [6, 6.07) is 5.86. The molecule has 0 aliphatic carbocycles. The Kier molecular flexibility index (Phi) is 7.07. The predicted molar refractivity (Wildman–Crippen MR) is 69.2 cm³/mol. The lowest BCUT2D eigenvalue weighted by Gasteiger charge is -2.05. The highest BCUT2D eigenvalue weighted by Gasteiger charge is 2.02. The summed E-state index contributed by atoms with van der Waals surface area (Å²) < 4.78 is 17.8. The second-order valence-corrected chi connectivity index (χ2v) is 4.35. The fourth-order valence-electron chi connectivity index (χ4n) is 1.35. The van der Waals surface area contributed by atoms with Gasteiger partial charge < -0.3 is 10.1 Å². The molecule has 1 aromatic carbocycles. The van der Waals surface area contributed by atoms with Crippen LogP contribution in [0.15, 0.2) is 24.3 Å². The van der Waals surface area contributed by atoms with Crippen molar-refractivity contribution in [2.75, 3.05) is 13.2 Å². The van der Waals surface area contributed by atoms with Gasteiger partial charge in [-0.15, -0.1) is 0 Å². The van der Waals surface area contributed by atoms with Gasteiger partial charge in [-0.2, -0.15) is 0 Å². The van der Waals surface area contributed by atoms with E-state index < -0.39 is 5.24 Å². The van der Waals surface area contributed by atoms with Gasteiger partial charge in [0, 0.05) is 13.0 Å². The first kappa shape index (κ1) is 15.6. The molecule has 0 saturated heterocycles. The summed E-state index contributed by atoms with van der Waals surface area (Å²) in [6.45, 7) is 0.553. The molecule has 6 heteroatoms. The average molecular weight is 288 g/mol. The number of benzene rings is 1. The fraction of sp³-hybridized carbons (Fsp3) is 0.385. The van der Waals surface area contributed by atoms with Gasteiger partial charge in [-0.05, 0) is 35.7 Å². The lowest BCUT2D eigenvalue weighted by Crippen LogP contribution is -2.28. The van der Waals surface area contributed by atoms with E-state index in [9.17, 15) is 14.0 Å². The molecule has 0 heterocycles. The Morgan fingerprint density at radius 2 is 1.95 bits per heavy atom. The van der Waals surface area contributed by atoms with Crippen LogP contribution in [0.25, 0.3) is 0 Å². The first-order valence-electron chi connectivity index (χ1n) is 5.85. The molecule has 0 saturated carbocycles. The van der Waals surface area contributed by atoms with Crippen LogP contribution in [0.5, 0.6) is 0 Å². The lowest BCUT2D eigenvalue weighted by molar-refractivity contribution is -0.126. The third kappa shape index (κ3) is 7.54. The summed E-state index contributed by atoms with van der Waals surface area (Å²) in [4.78, 5) is 21.8. The average Bonchev–Trinajstić information content (AvgIpc) is 2.37. The molecule has 0 aromatic heterocycles. The quantitative estimate of drug-likeness (QED) is 0.588. The van der Waals surface area contributed by atoms with Crippen LogP contribution in [0.2, 0.25) is 0 Å². The molecule has 1 amide bonds. The molecule has 0 aliphatic heterocycles. The SMILES string of the molecule is O=C(Cl)CCCNC(=O)COCc1ccc(F)cc1. The van der Waals surface area contributed by atoms with Crippen molar-refractivity contribution >= 4 is 22.8 Å². The maximum absolute atomic E-state index is 12.6. The van der Waals surface area contributed by atoms with Gasteiger partial charge in [0.05, 0.1) is 6.61 Å². The van der Waals surface area contributed by atoms with E-state index in [-0.39, 0.29) is 31.4 Å². The zero-order chi connectivity index (χ0) is 14.1. The van der Waals surface area contributed by atoms with Gasteiger partial charge in [0.15, 0.2) is 0 Å². The Labute approximate surface area is 115 Å². The van der Waals surface area contributed by atoms with Crippen molar-refractivity contribution in [1.29, 1.82) is 0 Å². The molecule has 104 valence electrons. The smallest absolute Gasteiger partial charge is 0.246 e. The molecule has 0 bridgehead atoms. The minimum Gasteiger partial charge on any atom is -0.367 e. The Morgan fingerprint density at radius 3 is 2.58 bits per heavy atom. The van der Waals surface area contributed by atoms with Crippen LogP contribution in [0.3, 0.4) is 0 Å². The summed E-state index contributed by atoms with van der Waals surface area (Å²) in [5.74, 6) is -0.570. The van der Waals surface area contributed by atoms with E-state index in [1.807, 2.05) is 0 Å². The topological polar surface area (TPSA) is 55.4 Å². The first-order chi connectivity index (χ1) is 9.08. The number of nitrogens with one attached hydrogen (secondary N) is 1. The highest BCUT2D eigenvalue weighted by molar-refractivity contribution is 6.63. The number of amides is 1. The van der Waals surface area contributed by atoms with E-state index in [0.29, 0.717) is 13.0 Å². The zero-order valence-electron chi connectivity index (χ0n) is 10.3. The Bertz CT molecular complexity index is 422. The number of ether oxygens (including phenoxy) is 1. The predicted octanol–water partition coefficient (Wildman–Crippen LogP) is 2.00. The zero-order valence-corrected chi connectivity index (χ0v) is 11.1. The van der Waals surface area contributed by atoms with Crippen molar-refractivity contribution in [2.45, 2.75) is 19.4 Å². The number of carbonyl (C=O) groups excluding carboxylic acids is 2. The van der Waals surface area contributed by atoms with Gasteiger partial charge >= 0.3 is 0 Å². The first-order valence-corrected chi connectivity index (χ1v) is 6.23. The molecule has 0 aliphatic rings. The molecule has 1 N–H and O–H groups in total. The summed E-state index contributed by atoms with van der Waals surface area (Å²) in [7, 11) is 0. The van der Waals surface area contributed by atoms with Crippen LogP contribution >= 0.6 is 11.6 Å². The van der Waals surface area contributed by atoms with E-state index in [4.69, 9.17) is 16.3 Å². The molecule has 1 rings (SSSR count). The largest absolute Gasteiger partial charge is 0.367 e. The minimum absolute atomic E-state index is 0.0772. The van der Waals surface area contributed by atoms with E-state index in [1.54, 1.807) is 12.1 Å². The number of carbonyl (C=O) groups is 2. The molecule has 0 unspecified atom stereocenters. The highest BCUT2D eigenvalue weighted by atomic mass is 35.5. The summed E-state index contributed by atoms with van der Waals surface area (Å²) in [6.07, 6.45) is 0.740. The summed E-state index contributed by atoms with van der Waals surface area (Å²) >= 11 is 5.15. The molecule has 0 spiro atoms. The van der Waals surface area contributed by atoms with Crippen molar-refractivity contribution in [3.63, 3.8) is 0 Å². The number of halogens is 2. The van der Waals surface area contributed by atoms with Gasteiger partial charge in [0.2, 0.25) is 11.1 Å². The normalized spacial score (nSPS) is 10.2. The van der Waals surface area contributed by atoms with E-state index in [0.717, 1.165) is 5.56 Å². The number of hydrogen-bond acceptors (Lipinski definition) is 3. The second-order valence-electron chi connectivity index (χ2n) is 3.93. The summed E-state index contributed by atoms with van der Waals surface area (Å²) in [5.41, 5.74) is 0.793. The van der Waals surface area contributed by atoms with Crippen LogP contribution < -0.4 is 5.32 Å². The van der Waals surface area contributed by atoms with Crippen LogP contribution in [0.1, 0.15) is 18.4 Å². The Hall–Kier alpha value is -1.46. The van der Waals surface area contributed by atoms with Crippen LogP contribution in [0.4, 0.5) is 4.39 Å². The van der Waals surface area contributed by atoms with Crippen LogP contribution in [0, 0.1) is 5.82 Å². The molecule has 4 nitrogen and oxygen atoms in total. The van der Waals surface area contributed by atoms with Gasteiger partial charge in [-0.25, -0.2) is 4.39 Å². The molecule has 0 atom stereocenters. The molecular weight excluding hydrogens is 273 g/mol. The molecule has 1 aromatic rings. The van der Waals surface area contributed by atoms with Gasteiger partial charge in [0.25, 0.3) is 0 Å². The second kappa shape index (κ2) is 8.61. The van der Waals surface area contributed by atoms with Crippen molar-refractivity contribution < 1.29 is 18.7 Å². The third-order valence-electron chi connectivity index (χ3n) is 2.29. The lowest BCUT2D eigenvalue weighted by atomic mass is 10.2. The van der Waals surface area contributed by atoms with Crippen molar-refractivity contribution in [1.82, 2.24) is 5.32 Å². The monoisotopic (exact) mass is 287 g/mol. The minimum atomic E-state index is -0.415.